The van der Waals surface area contributed by atoms with Gasteiger partial charge in [-0.3, -0.25) is 0 Å². The van der Waals surface area contributed by atoms with E-state index in [0.29, 0.717) is 22.8 Å². The van der Waals surface area contributed by atoms with Gasteiger partial charge >= 0.3 is 0 Å². The summed E-state index contributed by atoms with van der Waals surface area (Å²) in [5, 5.41) is 11.8. The predicted octanol–water partition coefficient (Wildman–Crippen LogP) is 2.29. The summed E-state index contributed by atoms with van der Waals surface area (Å²) in [5.74, 6) is 1.20. The number of rotatable bonds is 3. The van der Waals surface area contributed by atoms with E-state index in [2.05, 4.69) is 10.3 Å². The average Bonchev–Trinajstić information content (AvgIpc) is 2.41. The lowest BCUT2D eigenvalue weighted by Crippen LogP contribution is -2.01. The van der Waals surface area contributed by atoms with Crippen molar-refractivity contribution in [2.75, 3.05) is 18.2 Å². The van der Waals surface area contributed by atoms with E-state index in [1.54, 1.807) is 13.2 Å². The number of ether oxygens (including phenoxy) is 1. The number of nitrogens with two attached hydrogens (primary N) is 1. The van der Waals surface area contributed by atoms with E-state index in [9.17, 15) is 0 Å². The summed E-state index contributed by atoms with van der Waals surface area (Å²) >= 11 is 0. The van der Waals surface area contributed by atoms with E-state index in [4.69, 9.17) is 15.7 Å². The van der Waals surface area contributed by atoms with Gasteiger partial charge < -0.3 is 15.8 Å². The second-order valence-electron chi connectivity index (χ2n) is 3.60. The van der Waals surface area contributed by atoms with E-state index in [0.717, 1.165) is 5.69 Å². The number of nitrogens with one attached hydrogen (secondary N) is 1. The fourth-order valence-electron chi connectivity index (χ4n) is 1.52. The van der Waals surface area contributed by atoms with Gasteiger partial charge in [-0.25, -0.2) is 4.98 Å². The van der Waals surface area contributed by atoms with Gasteiger partial charge in [-0.1, -0.05) is 12.1 Å². The van der Waals surface area contributed by atoms with Crippen molar-refractivity contribution < 1.29 is 4.74 Å². The van der Waals surface area contributed by atoms with Gasteiger partial charge in [0.2, 0.25) is 0 Å². The normalized spacial score (nSPS) is 9.56. The topological polar surface area (TPSA) is 84.0 Å². The lowest BCUT2D eigenvalue weighted by atomic mass is 10.2. The fourth-order valence-corrected chi connectivity index (χ4v) is 1.52. The van der Waals surface area contributed by atoms with Crippen molar-refractivity contribution in [3.8, 4) is 11.8 Å². The number of nitrogens with zero attached hydrogens (tertiary/aromatic N) is 2. The Morgan fingerprint density at radius 3 is 2.83 bits per heavy atom. The molecule has 0 aliphatic carbocycles. The minimum atomic E-state index is 0.417. The molecule has 0 amide bonds. The highest BCUT2D eigenvalue weighted by molar-refractivity contribution is 5.72. The molecule has 0 atom stereocenters. The number of hydrogen-bond donors (Lipinski definition) is 2. The fraction of sp³-hybridized carbons (Fsp3) is 0.0769. The highest BCUT2D eigenvalue weighted by atomic mass is 16.5. The summed E-state index contributed by atoms with van der Waals surface area (Å²) in [4.78, 5) is 4.11. The molecular formula is C13H12N4O. The number of nitrogen functional groups attached to an aromatic ring is 1. The van der Waals surface area contributed by atoms with Gasteiger partial charge in [0.1, 0.15) is 11.8 Å². The van der Waals surface area contributed by atoms with Crippen LogP contribution < -0.4 is 15.8 Å². The third kappa shape index (κ3) is 2.33. The van der Waals surface area contributed by atoms with Crippen LogP contribution in [0.1, 0.15) is 5.56 Å². The summed E-state index contributed by atoms with van der Waals surface area (Å²) in [6.45, 7) is 0. The van der Waals surface area contributed by atoms with Crippen LogP contribution in [0.2, 0.25) is 0 Å². The van der Waals surface area contributed by atoms with Crippen molar-refractivity contribution in [2.45, 2.75) is 0 Å². The zero-order valence-corrected chi connectivity index (χ0v) is 9.84. The first-order chi connectivity index (χ1) is 8.74. The maximum absolute atomic E-state index is 8.74. The molecule has 1 aromatic carbocycles. The van der Waals surface area contributed by atoms with Crippen LogP contribution >= 0.6 is 0 Å². The monoisotopic (exact) mass is 240 g/mol. The highest BCUT2D eigenvalue weighted by Gasteiger charge is 2.06. The van der Waals surface area contributed by atoms with E-state index >= 15 is 0 Å². The number of para-hydroxylation sites is 2. The van der Waals surface area contributed by atoms with Gasteiger partial charge in [0.25, 0.3) is 0 Å². The molecule has 1 aromatic heterocycles. The van der Waals surface area contributed by atoms with Crippen LogP contribution in [0.3, 0.4) is 0 Å². The quantitative estimate of drug-likeness (QED) is 0.859. The largest absolute Gasteiger partial charge is 0.495 e. The van der Waals surface area contributed by atoms with Gasteiger partial charge in [0.05, 0.1) is 24.0 Å². The smallest absolute Gasteiger partial charge is 0.153 e. The highest BCUT2D eigenvalue weighted by Crippen LogP contribution is 2.28. The Hall–Kier alpha value is -2.74. The summed E-state index contributed by atoms with van der Waals surface area (Å²) in [6, 6.07) is 11.0. The molecule has 18 heavy (non-hydrogen) atoms. The number of anilines is 3. The minimum absolute atomic E-state index is 0.417. The average molecular weight is 240 g/mol. The molecule has 5 nitrogen and oxygen atoms in total. The lowest BCUT2D eigenvalue weighted by Gasteiger charge is -2.11. The SMILES string of the molecule is COc1ccccc1Nc1ncc(C#N)cc1N. The van der Waals surface area contributed by atoms with Gasteiger partial charge in [-0.15, -0.1) is 0 Å². The summed E-state index contributed by atoms with van der Waals surface area (Å²) < 4.78 is 5.22. The van der Waals surface area contributed by atoms with Crippen LogP contribution in [0.4, 0.5) is 17.2 Å². The molecule has 0 saturated heterocycles. The molecule has 1 heterocycles. The molecule has 0 bridgehead atoms. The van der Waals surface area contributed by atoms with Crippen LogP contribution in [0, 0.1) is 11.3 Å². The van der Waals surface area contributed by atoms with Crippen LogP contribution in [0.15, 0.2) is 36.5 Å². The summed E-state index contributed by atoms with van der Waals surface area (Å²) in [5.41, 5.74) is 7.43. The second-order valence-corrected chi connectivity index (χ2v) is 3.60. The zero-order valence-electron chi connectivity index (χ0n) is 9.84. The first-order valence-electron chi connectivity index (χ1n) is 5.30. The molecule has 0 saturated carbocycles. The van der Waals surface area contributed by atoms with E-state index in [-0.39, 0.29) is 0 Å². The maximum Gasteiger partial charge on any atom is 0.153 e. The predicted molar refractivity (Wildman–Crippen MR) is 69.6 cm³/mol. The lowest BCUT2D eigenvalue weighted by molar-refractivity contribution is 0.417. The van der Waals surface area contributed by atoms with Gasteiger partial charge in [0.15, 0.2) is 5.82 Å². The molecule has 0 aliphatic heterocycles. The molecule has 0 radical (unpaired) electrons. The van der Waals surface area contributed by atoms with Crippen LogP contribution in [0.5, 0.6) is 5.75 Å². The minimum Gasteiger partial charge on any atom is -0.495 e. The molecule has 3 N–H and O–H groups in total. The maximum atomic E-state index is 8.74. The third-order valence-electron chi connectivity index (χ3n) is 2.41. The Kier molecular flexibility index (Phi) is 3.30. The van der Waals surface area contributed by atoms with E-state index in [1.807, 2.05) is 30.3 Å². The Bertz CT molecular complexity index is 604. The van der Waals surface area contributed by atoms with Gasteiger partial charge in [-0.05, 0) is 18.2 Å². The molecule has 0 aliphatic rings. The first kappa shape index (κ1) is 11.7. The van der Waals surface area contributed by atoms with E-state index in [1.165, 1.54) is 6.20 Å². The van der Waals surface area contributed by atoms with Crippen LogP contribution in [-0.4, -0.2) is 12.1 Å². The number of pyridine rings is 1. The molecule has 5 heteroatoms. The summed E-state index contributed by atoms with van der Waals surface area (Å²) in [6.07, 6.45) is 1.47. The number of nitriles is 1. The van der Waals surface area contributed by atoms with Crippen molar-refractivity contribution >= 4 is 17.2 Å². The molecular weight excluding hydrogens is 228 g/mol. The molecule has 90 valence electrons. The van der Waals surface area contributed by atoms with Crippen molar-refractivity contribution in [3.05, 3.63) is 42.1 Å². The van der Waals surface area contributed by atoms with Crippen molar-refractivity contribution in [1.29, 1.82) is 5.26 Å². The van der Waals surface area contributed by atoms with Crippen molar-refractivity contribution in [1.82, 2.24) is 4.98 Å². The molecule has 2 rings (SSSR count). The molecule has 2 aromatic rings. The van der Waals surface area contributed by atoms with E-state index < -0.39 is 0 Å². The van der Waals surface area contributed by atoms with Crippen LogP contribution in [0.25, 0.3) is 0 Å². The third-order valence-corrected chi connectivity index (χ3v) is 2.41. The number of hydrogen-bond acceptors (Lipinski definition) is 5. The van der Waals surface area contributed by atoms with Crippen LogP contribution in [-0.2, 0) is 0 Å². The second kappa shape index (κ2) is 5.06. The number of aromatic nitrogens is 1. The Morgan fingerprint density at radius 1 is 1.39 bits per heavy atom. The number of benzene rings is 1. The molecule has 0 unspecified atom stereocenters. The van der Waals surface area contributed by atoms with Crippen molar-refractivity contribution in [3.63, 3.8) is 0 Å². The summed E-state index contributed by atoms with van der Waals surface area (Å²) in [7, 11) is 1.59. The standard InChI is InChI=1S/C13H12N4O/c1-18-12-5-3-2-4-11(12)17-13-10(15)6-9(7-14)8-16-13/h2-6,8H,15H2,1H3,(H,16,17). The Morgan fingerprint density at radius 2 is 2.17 bits per heavy atom. The Labute approximate surface area is 105 Å². The molecule has 0 spiro atoms. The zero-order chi connectivity index (χ0) is 13.0. The van der Waals surface area contributed by atoms with Gasteiger partial charge in [0, 0.05) is 6.20 Å². The first-order valence-corrected chi connectivity index (χ1v) is 5.30. The Balaban J connectivity index is 2.32. The number of methoxy groups -OCH3 is 1. The molecule has 0 fully saturated rings. The van der Waals surface area contributed by atoms with Gasteiger partial charge in [-0.2, -0.15) is 5.26 Å². The van der Waals surface area contributed by atoms with Crippen molar-refractivity contribution in [2.24, 2.45) is 0 Å².